The maximum absolute atomic E-state index is 12.0. The second kappa shape index (κ2) is 6.21. The maximum atomic E-state index is 12.0. The molecule has 0 aliphatic rings. The van der Waals surface area contributed by atoms with Crippen molar-refractivity contribution in [3.8, 4) is 0 Å². The number of carboxylic acid groups (broad SMARTS) is 1. The highest BCUT2D eigenvalue weighted by atomic mass is 35.5. The summed E-state index contributed by atoms with van der Waals surface area (Å²) in [7, 11) is -3.96. The van der Waals surface area contributed by atoms with E-state index in [0.29, 0.717) is 0 Å². The number of halogens is 1. The predicted octanol–water partition coefficient (Wildman–Crippen LogP) is 0.580. The number of nitrogens with two attached hydrogens (primary N) is 1. The molecule has 0 saturated heterocycles. The van der Waals surface area contributed by atoms with Crippen LogP contribution in [0, 0.1) is 0 Å². The van der Waals surface area contributed by atoms with Crippen LogP contribution in [0.4, 0.5) is 0 Å². The lowest BCUT2D eigenvalue weighted by molar-refractivity contribution is -0.118. The van der Waals surface area contributed by atoms with Gasteiger partial charge in [-0.25, -0.2) is 17.9 Å². The number of primary amides is 1. The molecular formula is C11H13ClN2O5S. The highest BCUT2D eigenvalue weighted by Crippen LogP contribution is 2.20. The minimum absolute atomic E-state index is 0.0679. The van der Waals surface area contributed by atoms with Crippen LogP contribution in [0.25, 0.3) is 0 Å². The number of carbonyl (C=O) groups is 2. The van der Waals surface area contributed by atoms with E-state index in [0.717, 1.165) is 6.07 Å². The first-order valence-electron chi connectivity index (χ1n) is 5.47. The van der Waals surface area contributed by atoms with E-state index in [-0.39, 0.29) is 21.9 Å². The van der Waals surface area contributed by atoms with Gasteiger partial charge in [-0.15, -0.1) is 0 Å². The van der Waals surface area contributed by atoms with Crippen LogP contribution in [0.15, 0.2) is 23.1 Å². The van der Waals surface area contributed by atoms with Crippen LogP contribution in [-0.4, -0.2) is 31.4 Å². The summed E-state index contributed by atoms with van der Waals surface area (Å²) in [4.78, 5) is 21.4. The van der Waals surface area contributed by atoms with Crippen molar-refractivity contribution in [2.45, 2.75) is 24.3 Å². The Morgan fingerprint density at radius 2 is 2.05 bits per heavy atom. The van der Waals surface area contributed by atoms with Crippen LogP contribution in [0.3, 0.4) is 0 Å². The summed E-state index contributed by atoms with van der Waals surface area (Å²) >= 11 is 5.66. The van der Waals surface area contributed by atoms with Gasteiger partial charge in [0.15, 0.2) is 0 Å². The second-order valence-corrected chi connectivity index (χ2v) is 6.26. The number of hydrogen-bond acceptors (Lipinski definition) is 4. The van der Waals surface area contributed by atoms with Gasteiger partial charge < -0.3 is 10.8 Å². The van der Waals surface area contributed by atoms with E-state index < -0.39 is 27.9 Å². The first kappa shape index (κ1) is 16.4. The van der Waals surface area contributed by atoms with Crippen molar-refractivity contribution in [3.05, 3.63) is 28.8 Å². The molecule has 0 bridgehead atoms. The zero-order valence-electron chi connectivity index (χ0n) is 10.5. The SMILES string of the molecule is CC(CC(N)=O)NS(=O)(=O)c1ccc(Cl)c(C(=O)O)c1. The Labute approximate surface area is 120 Å². The summed E-state index contributed by atoms with van der Waals surface area (Å²) in [5.74, 6) is -1.99. The molecule has 20 heavy (non-hydrogen) atoms. The van der Waals surface area contributed by atoms with Crippen LogP contribution in [0.5, 0.6) is 0 Å². The van der Waals surface area contributed by atoms with Crippen molar-refractivity contribution in [1.29, 1.82) is 0 Å². The van der Waals surface area contributed by atoms with Crippen molar-refractivity contribution >= 4 is 33.5 Å². The van der Waals surface area contributed by atoms with Gasteiger partial charge in [-0.05, 0) is 25.1 Å². The Morgan fingerprint density at radius 1 is 1.45 bits per heavy atom. The topological polar surface area (TPSA) is 127 Å². The number of hydrogen-bond donors (Lipinski definition) is 3. The fourth-order valence-electron chi connectivity index (χ4n) is 1.51. The van der Waals surface area contributed by atoms with E-state index in [2.05, 4.69) is 4.72 Å². The van der Waals surface area contributed by atoms with Gasteiger partial charge in [0, 0.05) is 12.5 Å². The fraction of sp³-hybridized carbons (Fsp3) is 0.273. The number of amides is 1. The Hall–Kier alpha value is -1.64. The normalized spacial score (nSPS) is 12.9. The van der Waals surface area contributed by atoms with E-state index >= 15 is 0 Å². The van der Waals surface area contributed by atoms with Crippen molar-refractivity contribution in [2.75, 3.05) is 0 Å². The molecule has 4 N–H and O–H groups in total. The van der Waals surface area contributed by atoms with E-state index in [1.807, 2.05) is 0 Å². The van der Waals surface area contributed by atoms with Gasteiger partial charge in [0.05, 0.1) is 15.5 Å². The summed E-state index contributed by atoms with van der Waals surface area (Å²) in [6.45, 7) is 1.47. The molecule has 1 atom stereocenters. The lowest BCUT2D eigenvalue weighted by atomic mass is 10.2. The zero-order valence-corrected chi connectivity index (χ0v) is 12.0. The van der Waals surface area contributed by atoms with Crippen LogP contribution in [0.2, 0.25) is 5.02 Å². The summed E-state index contributed by atoms with van der Waals surface area (Å²) in [6, 6.07) is 2.60. The average molecular weight is 321 g/mol. The van der Waals surface area contributed by atoms with Gasteiger partial charge in [-0.1, -0.05) is 11.6 Å². The highest BCUT2D eigenvalue weighted by molar-refractivity contribution is 7.89. The molecule has 1 aromatic rings. The highest BCUT2D eigenvalue weighted by Gasteiger charge is 2.21. The largest absolute Gasteiger partial charge is 0.478 e. The molecule has 1 amide bonds. The molecule has 1 aromatic carbocycles. The molecule has 0 saturated carbocycles. The number of sulfonamides is 1. The van der Waals surface area contributed by atoms with Gasteiger partial charge in [0.2, 0.25) is 15.9 Å². The van der Waals surface area contributed by atoms with E-state index in [4.69, 9.17) is 22.4 Å². The summed E-state index contributed by atoms with van der Waals surface area (Å²) in [5, 5.41) is 8.83. The van der Waals surface area contributed by atoms with Crippen molar-refractivity contribution in [1.82, 2.24) is 4.72 Å². The maximum Gasteiger partial charge on any atom is 0.337 e. The molecule has 0 spiro atoms. The average Bonchev–Trinajstić information content (AvgIpc) is 2.26. The molecule has 1 unspecified atom stereocenters. The van der Waals surface area contributed by atoms with Gasteiger partial charge in [-0.3, -0.25) is 4.79 Å². The third kappa shape index (κ3) is 4.19. The molecule has 0 aliphatic carbocycles. The lowest BCUT2D eigenvalue weighted by Crippen LogP contribution is -2.35. The van der Waals surface area contributed by atoms with Gasteiger partial charge >= 0.3 is 5.97 Å². The molecule has 7 nitrogen and oxygen atoms in total. The van der Waals surface area contributed by atoms with E-state index in [9.17, 15) is 18.0 Å². The predicted molar refractivity (Wildman–Crippen MR) is 72.0 cm³/mol. The molecule has 0 aliphatic heterocycles. The van der Waals surface area contributed by atoms with Crippen molar-refractivity contribution in [2.24, 2.45) is 5.73 Å². The minimum Gasteiger partial charge on any atom is -0.478 e. The van der Waals surface area contributed by atoms with Gasteiger partial charge in [0.1, 0.15) is 0 Å². The number of nitrogens with one attached hydrogen (secondary N) is 1. The van der Waals surface area contributed by atoms with E-state index in [1.165, 1.54) is 19.1 Å². The Morgan fingerprint density at radius 3 is 2.55 bits per heavy atom. The molecule has 0 aromatic heterocycles. The molecule has 0 heterocycles. The van der Waals surface area contributed by atoms with E-state index in [1.54, 1.807) is 0 Å². The second-order valence-electron chi connectivity index (χ2n) is 4.14. The third-order valence-corrected chi connectivity index (χ3v) is 4.26. The molecule has 0 radical (unpaired) electrons. The summed E-state index contributed by atoms with van der Waals surface area (Å²) in [6.07, 6.45) is -0.168. The molecule has 110 valence electrons. The Balaban J connectivity index is 3.07. The lowest BCUT2D eigenvalue weighted by Gasteiger charge is -2.13. The molecular weight excluding hydrogens is 308 g/mol. The summed E-state index contributed by atoms with van der Waals surface area (Å²) < 4.78 is 26.2. The quantitative estimate of drug-likeness (QED) is 0.706. The minimum atomic E-state index is -3.96. The molecule has 0 fully saturated rings. The van der Waals surface area contributed by atoms with Gasteiger partial charge in [-0.2, -0.15) is 0 Å². The number of benzene rings is 1. The van der Waals surface area contributed by atoms with Crippen molar-refractivity contribution in [3.63, 3.8) is 0 Å². The number of rotatable bonds is 6. The van der Waals surface area contributed by atoms with Gasteiger partial charge in [0.25, 0.3) is 0 Å². The van der Waals surface area contributed by atoms with Crippen molar-refractivity contribution < 1.29 is 23.1 Å². The van der Waals surface area contributed by atoms with Crippen LogP contribution in [-0.2, 0) is 14.8 Å². The van der Waals surface area contributed by atoms with Crippen LogP contribution in [0.1, 0.15) is 23.7 Å². The first-order chi connectivity index (χ1) is 9.13. The Kier molecular flexibility index (Phi) is 5.09. The summed E-state index contributed by atoms with van der Waals surface area (Å²) in [5.41, 5.74) is 4.64. The number of carbonyl (C=O) groups excluding carboxylic acids is 1. The number of carboxylic acids is 1. The molecule has 1 rings (SSSR count). The standard InChI is InChI=1S/C11H13ClN2O5S/c1-6(4-10(13)15)14-20(18,19)7-2-3-9(12)8(5-7)11(16)17/h2-3,5-6,14H,4H2,1H3,(H2,13,15)(H,16,17). The number of aromatic carboxylic acids is 1. The zero-order chi connectivity index (χ0) is 15.5. The van der Waals surface area contributed by atoms with Crippen LogP contribution >= 0.6 is 11.6 Å². The first-order valence-corrected chi connectivity index (χ1v) is 7.33. The fourth-order valence-corrected chi connectivity index (χ4v) is 2.98. The third-order valence-electron chi connectivity index (χ3n) is 2.34. The smallest absolute Gasteiger partial charge is 0.337 e. The monoisotopic (exact) mass is 320 g/mol. The Bertz CT molecular complexity index is 644. The van der Waals surface area contributed by atoms with Crippen LogP contribution < -0.4 is 10.5 Å². The molecule has 9 heteroatoms.